The van der Waals surface area contributed by atoms with E-state index in [-0.39, 0.29) is 12.0 Å². The Morgan fingerprint density at radius 2 is 2.00 bits per heavy atom. The number of aromatic amines is 1. The lowest BCUT2D eigenvalue weighted by Gasteiger charge is -2.24. The maximum Gasteiger partial charge on any atom is 0.253 e. The molecule has 1 N–H and O–H groups in total. The molecule has 1 amide bonds. The fraction of sp³-hybridized carbons (Fsp3) is 0.304. The van der Waals surface area contributed by atoms with Crippen molar-refractivity contribution in [3.63, 3.8) is 0 Å². The number of amides is 1. The van der Waals surface area contributed by atoms with Crippen molar-refractivity contribution in [3.05, 3.63) is 66.6 Å². The van der Waals surface area contributed by atoms with Gasteiger partial charge in [-0.15, -0.1) is 0 Å². The number of ether oxygens (including phenoxy) is 1. The first-order valence-electron chi connectivity index (χ1n) is 9.84. The number of carbonyl (C=O) groups is 1. The summed E-state index contributed by atoms with van der Waals surface area (Å²) in [7, 11) is 0. The number of nitrogens with zero attached hydrogens (tertiary/aromatic N) is 2. The molecule has 0 radical (unpaired) electrons. The van der Waals surface area contributed by atoms with Crippen molar-refractivity contribution in [3.8, 4) is 22.4 Å². The molecule has 1 aliphatic heterocycles. The average Bonchev–Trinajstić information content (AvgIpc) is 3.46. The zero-order valence-corrected chi connectivity index (χ0v) is 16.1. The molecule has 1 unspecified atom stereocenters. The Morgan fingerprint density at radius 3 is 2.68 bits per heavy atom. The summed E-state index contributed by atoms with van der Waals surface area (Å²) < 4.78 is 5.71. The summed E-state index contributed by atoms with van der Waals surface area (Å²) in [5.41, 5.74) is 4.91. The summed E-state index contributed by atoms with van der Waals surface area (Å²) in [4.78, 5) is 22.1. The lowest BCUT2D eigenvalue weighted by atomic mass is 10.0. The molecule has 0 bridgehead atoms. The topological polar surface area (TPSA) is 58.2 Å². The van der Waals surface area contributed by atoms with E-state index < -0.39 is 0 Å². The van der Waals surface area contributed by atoms with E-state index in [1.807, 2.05) is 42.3 Å². The Kier molecular flexibility index (Phi) is 5.53. The van der Waals surface area contributed by atoms with Crippen LogP contribution < -0.4 is 0 Å². The van der Waals surface area contributed by atoms with Gasteiger partial charge in [0.05, 0.1) is 24.3 Å². The molecule has 3 aromatic rings. The molecule has 144 valence electrons. The molecular formula is C23H25N3O2. The van der Waals surface area contributed by atoms with Crippen LogP contribution in [0.15, 0.2) is 61.1 Å². The molecule has 1 saturated heterocycles. The summed E-state index contributed by atoms with van der Waals surface area (Å²) in [5, 5.41) is 0. The number of nitrogens with one attached hydrogen (secondary N) is 1. The molecule has 0 saturated carbocycles. The quantitative estimate of drug-likeness (QED) is 0.695. The summed E-state index contributed by atoms with van der Waals surface area (Å²) in [5.74, 6) is 0.0638. The van der Waals surface area contributed by atoms with Crippen LogP contribution in [-0.2, 0) is 4.74 Å². The maximum absolute atomic E-state index is 13.0. The van der Waals surface area contributed by atoms with E-state index in [0.717, 1.165) is 47.4 Å². The van der Waals surface area contributed by atoms with Crippen LogP contribution in [-0.4, -0.2) is 46.6 Å². The van der Waals surface area contributed by atoms with Crippen molar-refractivity contribution >= 4 is 5.91 Å². The van der Waals surface area contributed by atoms with Crippen molar-refractivity contribution in [2.24, 2.45) is 0 Å². The van der Waals surface area contributed by atoms with Crippen LogP contribution in [0.3, 0.4) is 0 Å². The molecule has 4 rings (SSSR count). The fourth-order valence-corrected chi connectivity index (χ4v) is 3.66. The standard InChI is InChI=1S/C23H25N3O2/c1-2-26(15-21-7-4-12-28-21)23(27)20-6-3-5-19(13-20)17-8-10-18(11-9-17)22-14-24-16-25-22/h3,5-6,8-11,13-14,16,21H,2,4,7,12,15H2,1H3,(H,24,25). The third-order valence-corrected chi connectivity index (χ3v) is 5.25. The van der Waals surface area contributed by atoms with Gasteiger partial charge in [0.1, 0.15) is 0 Å². The monoisotopic (exact) mass is 375 g/mol. The van der Waals surface area contributed by atoms with Crippen LogP contribution in [0, 0.1) is 0 Å². The van der Waals surface area contributed by atoms with Gasteiger partial charge in [-0.05, 0) is 48.6 Å². The minimum absolute atomic E-state index is 0.0638. The van der Waals surface area contributed by atoms with E-state index in [4.69, 9.17) is 4.74 Å². The number of hydrogen-bond acceptors (Lipinski definition) is 3. The lowest BCUT2D eigenvalue weighted by Crippen LogP contribution is -2.37. The number of rotatable bonds is 6. The third kappa shape index (κ3) is 3.99. The van der Waals surface area contributed by atoms with Crippen LogP contribution in [0.2, 0.25) is 0 Å². The maximum atomic E-state index is 13.0. The molecule has 2 heterocycles. The molecule has 1 atom stereocenters. The number of H-pyrrole nitrogens is 1. The number of likely N-dealkylation sites (N-methyl/N-ethyl adjacent to an activating group) is 1. The molecule has 2 aromatic carbocycles. The second-order valence-corrected chi connectivity index (χ2v) is 7.10. The second-order valence-electron chi connectivity index (χ2n) is 7.10. The van der Waals surface area contributed by atoms with E-state index in [2.05, 4.69) is 34.2 Å². The number of benzene rings is 2. The predicted molar refractivity (Wildman–Crippen MR) is 110 cm³/mol. The minimum atomic E-state index is 0.0638. The first-order valence-corrected chi connectivity index (χ1v) is 9.84. The zero-order valence-electron chi connectivity index (χ0n) is 16.1. The van der Waals surface area contributed by atoms with Crippen LogP contribution >= 0.6 is 0 Å². The van der Waals surface area contributed by atoms with Gasteiger partial charge in [0.2, 0.25) is 0 Å². The lowest BCUT2D eigenvalue weighted by molar-refractivity contribution is 0.0539. The first-order chi connectivity index (χ1) is 13.7. The number of hydrogen-bond donors (Lipinski definition) is 1. The SMILES string of the molecule is CCN(CC1CCCO1)C(=O)c1cccc(-c2ccc(-c3cnc[nH]3)cc2)c1. The first kappa shape index (κ1) is 18.4. The van der Waals surface area contributed by atoms with Crippen LogP contribution in [0.5, 0.6) is 0 Å². The smallest absolute Gasteiger partial charge is 0.253 e. The Morgan fingerprint density at radius 1 is 1.18 bits per heavy atom. The van der Waals surface area contributed by atoms with E-state index in [1.54, 1.807) is 6.33 Å². The van der Waals surface area contributed by atoms with Crippen LogP contribution in [0.4, 0.5) is 0 Å². The highest BCUT2D eigenvalue weighted by Crippen LogP contribution is 2.25. The normalized spacial score (nSPS) is 16.2. The highest BCUT2D eigenvalue weighted by Gasteiger charge is 2.22. The highest BCUT2D eigenvalue weighted by atomic mass is 16.5. The Hall–Kier alpha value is -2.92. The van der Waals surface area contributed by atoms with Crippen molar-refractivity contribution in [2.45, 2.75) is 25.9 Å². The van der Waals surface area contributed by atoms with Gasteiger partial charge in [0, 0.05) is 25.3 Å². The van der Waals surface area contributed by atoms with Crippen LogP contribution in [0.25, 0.3) is 22.4 Å². The zero-order chi connectivity index (χ0) is 19.3. The number of imidazole rings is 1. The average molecular weight is 375 g/mol. The third-order valence-electron chi connectivity index (χ3n) is 5.25. The molecule has 1 fully saturated rings. The molecule has 5 heteroatoms. The van der Waals surface area contributed by atoms with Gasteiger partial charge in [-0.3, -0.25) is 4.79 Å². The molecule has 1 aliphatic rings. The van der Waals surface area contributed by atoms with E-state index >= 15 is 0 Å². The minimum Gasteiger partial charge on any atom is -0.376 e. The van der Waals surface area contributed by atoms with Crippen LogP contribution in [0.1, 0.15) is 30.1 Å². The second kappa shape index (κ2) is 8.40. The summed E-state index contributed by atoms with van der Waals surface area (Å²) in [6.07, 6.45) is 5.77. The van der Waals surface area contributed by atoms with Gasteiger partial charge in [-0.2, -0.15) is 0 Å². The van der Waals surface area contributed by atoms with Crippen molar-refractivity contribution in [2.75, 3.05) is 19.7 Å². The highest BCUT2D eigenvalue weighted by molar-refractivity contribution is 5.95. The van der Waals surface area contributed by atoms with Gasteiger partial charge >= 0.3 is 0 Å². The molecular weight excluding hydrogens is 350 g/mol. The van der Waals surface area contributed by atoms with Gasteiger partial charge in [0.25, 0.3) is 5.91 Å². The molecule has 0 spiro atoms. The van der Waals surface area contributed by atoms with E-state index in [9.17, 15) is 4.79 Å². The summed E-state index contributed by atoms with van der Waals surface area (Å²) in [6, 6.07) is 16.1. The summed E-state index contributed by atoms with van der Waals surface area (Å²) in [6.45, 7) is 4.17. The Bertz CT molecular complexity index is 913. The summed E-state index contributed by atoms with van der Waals surface area (Å²) >= 11 is 0. The Labute approximate surface area is 165 Å². The number of aromatic nitrogens is 2. The van der Waals surface area contributed by atoms with Gasteiger partial charge in [0.15, 0.2) is 0 Å². The molecule has 0 aliphatic carbocycles. The van der Waals surface area contributed by atoms with Crippen molar-refractivity contribution in [1.82, 2.24) is 14.9 Å². The molecule has 5 nitrogen and oxygen atoms in total. The Balaban J connectivity index is 1.52. The molecule has 28 heavy (non-hydrogen) atoms. The van der Waals surface area contributed by atoms with Crippen molar-refractivity contribution < 1.29 is 9.53 Å². The number of carbonyl (C=O) groups excluding carboxylic acids is 1. The predicted octanol–water partition coefficient (Wildman–Crippen LogP) is 4.38. The van der Waals surface area contributed by atoms with Crippen molar-refractivity contribution in [1.29, 1.82) is 0 Å². The van der Waals surface area contributed by atoms with E-state index in [1.165, 1.54) is 0 Å². The fourth-order valence-electron chi connectivity index (χ4n) is 3.66. The molecule has 1 aromatic heterocycles. The van der Waals surface area contributed by atoms with E-state index in [0.29, 0.717) is 13.1 Å². The largest absolute Gasteiger partial charge is 0.376 e. The van der Waals surface area contributed by atoms with Gasteiger partial charge in [-0.1, -0.05) is 36.4 Å². The van der Waals surface area contributed by atoms with Gasteiger partial charge in [-0.25, -0.2) is 4.98 Å². The van der Waals surface area contributed by atoms with Gasteiger partial charge < -0.3 is 14.6 Å².